The van der Waals surface area contributed by atoms with E-state index in [2.05, 4.69) is 10.6 Å². The molecule has 0 unspecified atom stereocenters. The van der Waals surface area contributed by atoms with Crippen molar-refractivity contribution >= 4 is 17.5 Å². The molecule has 4 heteroatoms. The molecule has 3 rings (SSSR count). The lowest BCUT2D eigenvalue weighted by Crippen LogP contribution is -2.20. The van der Waals surface area contributed by atoms with E-state index in [0.717, 1.165) is 11.3 Å². The van der Waals surface area contributed by atoms with Gasteiger partial charge >= 0.3 is 0 Å². The zero-order valence-electron chi connectivity index (χ0n) is 13.1. The van der Waals surface area contributed by atoms with Crippen molar-refractivity contribution in [1.29, 1.82) is 0 Å². The lowest BCUT2D eigenvalue weighted by atomic mass is 10.2. The van der Waals surface area contributed by atoms with Gasteiger partial charge in [0.1, 0.15) is 0 Å². The highest BCUT2D eigenvalue weighted by molar-refractivity contribution is 5.99. The van der Waals surface area contributed by atoms with Crippen molar-refractivity contribution < 1.29 is 9.59 Å². The highest BCUT2D eigenvalue weighted by Crippen LogP contribution is 2.30. The van der Waals surface area contributed by atoms with Gasteiger partial charge in [0.2, 0.25) is 11.8 Å². The van der Waals surface area contributed by atoms with E-state index in [9.17, 15) is 9.59 Å². The van der Waals surface area contributed by atoms with Gasteiger partial charge in [0.15, 0.2) is 0 Å². The second-order valence-corrected chi connectivity index (χ2v) is 6.30. The molecule has 2 aliphatic rings. The van der Waals surface area contributed by atoms with Gasteiger partial charge in [-0.15, -0.1) is 0 Å². The Morgan fingerprint density at radius 1 is 1.00 bits per heavy atom. The van der Waals surface area contributed by atoms with Crippen molar-refractivity contribution in [2.24, 2.45) is 11.8 Å². The topological polar surface area (TPSA) is 58.2 Å². The minimum Gasteiger partial charge on any atom is -0.348 e. The normalized spacial score (nSPS) is 17.6. The number of amides is 2. The standard InChI is InChI=1S/C19H22N2O2/c22-18(10-8-14-4-5-14)20-13-16-2-1-3-17(12-16)21-19(23)11-9-15-6-7-15/h1-3,8-12,14-15H,4-7,13H2,(H,20,22)(H,21,23)/b10-8+,11-9-. The fourth-order valence-corrected chi connectivity index (χ4v) is 2.22. The van der Waals surface area contributed by atoms with Crippen molar-refractivity contribution in [1.82, 2.24) is 5.32 Å². The molecular formula is C19H22N2O2. The maximum atomic E-state index is 11.8. The summed E-state index contributed by atoms with van der Waals surface area (Å²) in [5, 5.41) is 5.71. The molecule has 2 saturated carbocycles. The molecule has 0 radical (unpaired) electrons. The third-order valence-corrected chi connectivity index (χ3v) is 3.94. The molecule has 4 nitrogen and oxygen atoms in total. The number of carbonyl (C=O) groups is 2. The molecule has 0 spiro atoms. The Balaban J connectivity index is 1.47. The molecule has 0 bridgehead atoms. The monoisotopic (exact) mass is 310 g/mol. The van der Waals surface area contributed by atoms with E-state index in [0.29, 0.717) is 18.4 Å². The Labute approximate surface area is 136 Å². The zero-order chi connectivity index (χ0) is 16.1. The van der Waals surface area contributed by atoms with Crippen LogP contribution in [0, 0.1) is 11.8 Å². The van der Waals surface area contributed by atoms with Crippen LogP contribution in [0.5, 0.6) is 0 Å². The molecular weight excluding hydrogens is 288 g/mol. The molecule has 0 aliphatic heterocycles. The summed E-state index contributed by atoms with van der Waals surface area (Å²) in [6.07, 6.45) is 11.9. The van der Waals surface area contributed by atoms with Crippen molar-refractivity contribution in [3.63, 3.8) is 0 Å². The van der Waals surface area contributed by atoms with Gasteiger partial charge in [0.05, 0.1) is 0 Å². The summed E-state index contributed by atoms with van der Waals surface area (Å²) >= 11 is 0. The van der Waals surface area contributed by atoms with Crippen molar-refractivity contribution in [2.75, 3.05) is 5.32 Å². The predicted molar refractivity (Wildman–Crippen MR) is 90.6 cm³/mol. The summed E-state index contributed by atoms with van der Waals surface area (Å²) in [7, 11) is 0. The van der Waals surface area contributed by atoms with Crippen LogP contribution >= 0.6 is 0 Å². The Kier molecular flexibility index (Phi) is 4.91. The van der Waals surface area contributed by atoms with Gasteiger partial charge in [-0.25, -0.2) is 0 Å². The van der Waals surface area contributed by atoms with Crippen LogP contribution in [-0.2, 0) is 16.1 Å². The predicted octanol–water partition coefficient (Wildman–Crippen LogP) is 3.17. The molecule has 23 heavy (non-hydrogen) atoms. The molecule has 0 heterocycles. The second-order valence-electron chi connectivity index (χ2n) is 6.30. The van der Waals surface area contributed by atoms with Crippen LogP contribution in [0.3, 0.4) is 0 Å². The van der Waals surface area contributed by atoms with E-state index in [1.165, 1.54) is 25.7 Å². The summed E-state index contributed by atoms with van der Waals surface area (Å²) in [6.45, 7) is 0.454. The smallest absolute Gasteiger partial charge is 0.248 e. The molecule has 0 saturated heterocycles. The fourth-order valence-electron chi connectivity index (χ4n) is 2.22. The molecule has 1 aromatic rings. The van der Waals surface area contributed by atoms with E-state index in [4.69, 9.17) is 0 Å². The van der Waals surface area contributed by atoms with Gasteiger partial charge in [-0.2, -0.15) is 0 Å². The van der Waals surface area contributed by atoms with Crippen molar-refractivity contribution in [2.45, 2.75) is 32.2 Å². The molecule has 2 N–H and O–H groups in total. The highest BCUT2D eigenvalue weighted by Gasteiger charge is 2.18. The molecule has 2 amide bonds. The maximum Gasteiger partial charge on any atom is 0.248 e. The minimum absolute atomic E-state index is 0.0706. The summed E-state index contributed by atoms with van der Waals surface area (Å²) in [5.41, 5.74) is 1.71. The Morgan fingerprint density at radius 2 is 1.65 bits per heavy atom. The summed E-state index contributed by atoms with van der Waals surface area (Å²) in [6, 6.07) is 7.54. The summed E-state index contributed by atoms with van der Waals surface area (Å²) in [4.78, 5) is 23.5. The first-order valence-electron chi connectivity index (χ1n) is 8.23. The first-order valence-corrected chi connectivity index (χ1v) is 8.23. The summed E-state index contributed by atoms with van der Waals surface area (Å²) in [5.74, 6) is 1.01. The van der Waals surface area contributed by atoms with Crippen LogP contribution in [0.1, 0.15) is 31.2 Å². The third kappa shape index (κ3) is 5.74. The minimum atomic E-state index is -0.106. The SMILES string of the molecule is O=C(/C=C\C1CC1)Nc1cccc(CNC(=O)/C=C/C2CC2)c1. The number of nitrogens with one attached hydrogen (secondary N) is 2. The first kappa shape index (κ1) is 15.5. The lowest BCUT2D eigenvalue weighted by Gasteiger charge is -2.06. The van der Waals surface area contributed by atoms with Crippen LogP contribution in [0.15, 0.2) is 48.6 Å². The van der Waals surface area contributed by atoms with Gasteiger partial charge < -0.3 is 10.6 Å². The molecule has 1 aromatic carbocycles. The molecule has 0 aromatic heterocycles. The maximum absolute atomic E-state index is 11.8. The number of allylic oxidation sites excluding steroid dienone is 2. The van der Waals surface area contributed by atoms with Gasteiger partial charge in [0, 0.05) is 12.2 Å². The molecule has 2 aliphatic carbocycles. The number of anilines is 1. The number of benzene rings is 1. The highest BCUT2D eigenvalue weighted by atomic mass is 16.2. The van der Waals surface area contributed by atoms with Crippen LogP contribution in [0.25, 0.3) is 0 Å². The largest absolute Gasteiger partial charge is 0.348 e. The molecule has 120 valence electrons. The summed E-state index contributed by atoms with van der Waals surface area (Å²) < 4.78 is 0. The first-order chi connectivity index (χ1) is 11.2. The van der Waals surface area contributed by atoms with Crippen LogP contribution in [0.2, 0.25) is 0 Å². The number of hydrogen-bond acceptors (Lipinski definition) is 2. The second kappa shape index (κ2) is 7.27. The molecule has 0 atom stereocenters. The third-order valence-electron chi connectivity index (χ3n) is 3.94. The van der Waals surface area contributed by atoms with Crippen LogP contribution in [-0.4, -0.2) is 11.8 Å². The Hall–Kier alpha value is -2.36. The van der Waals surface area contributed by atoms with Crippen LogP contribution < -0.4 is 10.6 Å². The van der Waals surface area contributed by atoms with Gasteiger partial charge in [-0.05, 0) is 67.4 Å². The number of hydrogen-bond donors (Lipinski definition) is 2. The average Bonchev–Trinajstić information content (AvgIpc) is 3.44. The lowest BCUT2D eigenvalue weighted by molar-refractivity contribution is -0.116. The van der Waals surface area contributed by atoms with Gasteiger partial charge in [-0.1, -0.05) is 24.3 Å². The Bertz CT molecular complexity index is 641. The Morgan fingerprint density at radius 3 is 2.30 bits per heavy atom. The quantitative estimate of drug-likeness (QED) is 0.760. The van der Waals surface area contributed by atoms with Gasteiger partial charge in [0.25, 0.3) is 0 Å². The van der Waals surface area contributed by atoms with Crippen LogP contribution in [0.4, 0.5) is 5.69 Å². The molecule has 2 fully saturated rings. The van der Waals surface area contributed by atoms with Gasteiger partial charge in [-0.3, -0.25) is 9.59 Å². The fraction of sp³-hybridized carbons (Fsp3) is 0.368. The van der Waals surface area contributed by atoms with E-state index in [1.54, 1.807) is 12.2 Å². The van der Waals surface area contributed by atoms with Crippen molar-refractivity contribution in [3.05, 3.63) is 54.1 Å². The van der Waals surface area contributed by atoms with E-state index in [1.807, 2.05) is 36.4 Å². The van der Waals surface area contributed by atoms with E-state index < -0.39 is 0 Å². The number of carbonyl (C=O) groups excluding carboxylic acids is 2. The van der Waals surface area contributed by atoms with E-state index in [-0.39, 0.29) is 11.8 Å². The number of rotatable bonds is 7. The zero-order valence-corrected chi connectivity index (χ0v) is 13.1. The van der Waals surface area contributed by atoms with E-state index >= 15 is 0 Å². The average molecular weight is 310 g/mol. The van der Waals surface area contributed by atoms with Crippen molar-refractivity contribution in [3.8, 4) is 0 Å².